The van der Waals surface area contributed by atoms with Crippen LogP contribution < -0.4 is 4.90 Å². The molecule has 4 aliphatic rings. The number of anilines is 1. The number of methoxy groups -OCH3 is 1. The van der Waals surface area contributed by atoms with Gasteiger partial charge in [-0.05, 0) is 55.9 Å². The van der Waals surface area contributed by atoms with Crippen molar-refractivity contribution in [1.29, 1.82) is 0 Å². The first-order chi connectivity index (χ1) is 13.6. The third kappa shape index (κ3) is 2.84. The zero-order chi connectivity index (χ0) is 19.3. The summed E-state index contributed by atoms with van der Waals surface area (Å²) in [6, 6.07) is 8.32. The third-order valence-electron chi connectivity index (χ3n) is 7.51. The van der Waals surface area contributed by atoms with Crippen molar-refractivity contribution in [1.82, 2.24) is 0 Å². The summed E-state index contributed by atoms with van der Waals surface area (Å²) in [7, 11) is 1.70. The quantitative estimate of drug-likeness (QED) is 0.556. The fraction of sp³-hybridized carbons (Fsp3) is 0.625. The van der Waals surface area contributed by atoms with E-state index >= 15 is 0 Å². The normalized spacial score (nSPS) is 35.6. The van der Waals surface area contributed by atoms with E-state index in [4.69, 9.17) is 9.47 Å². The van der Waals surface area contributed by atoms with E-state index in [1.807, 2.05) is 6.07 Å². The number of carbonyl (C=O) groups excluding carboxylic acids is 1. The molecule has 1 heterocycles. The van der Waals surface area contributed by atoms with Gasteiger partial charge in [0.15, 0.2) is 0 Å². The predicted octanol–water partition coefficient (Wildman–Crippen LogP) is 4.51. The number of carbonyl (C=O) groups is 1. The van der Waals surface area contributed by atoms with E-state index in [1.54, 1.807) is 12.7 Å². The monoisotopic (exact) mass is 381 g/mol. The van der Waals surface area contributed by atoms with Gasteiger partial charge in [0.25, 0.3) is 0 Å². The van der Waals surface area contributed by atoms with E-state index in [2.05, 4.69) is 36.1 Å². The molecule has 28 heavy (non-hydrogen) atoms. The molecule has 0 saturated heterocycles. The number of hydrogen-bond donors (Lipinski definition) is 0. The molecule has 3 aliphatic carbocycles. The fourth-order valence-corrected chi connectivity index (χ4v) is 6.39. The minimum atomic E-state index is -0.166. The molecular formula is C24H31NO3. The third-order valence-corrected chi connectivity index (χ3v) is 7.51. The summed E-state index contributed by atoms with van der Waals surface area (Å²) in [6.07, 6.45) is 7.77. The Bertz CT molecular complexity index is 803. The van der Waals surface area contributed by atoms with E-state index in [0.717, 1.165) is 49.4 Å². The Morgan fingerprint density at radius 3 is 2.93 bits per heavy atom. The minimum Gasteiger partial charge on any atom is -0.382 e. The lowest BCUT2D eigenvalue weighted by molar-refractivity contribution is -0.129. The second-order valence-electron chi connectivity index (χ2n) is 9.34. The number of hydrogen-bond acceptors (Lipinski definition) is 3. The van der Waals surface area contributed by atoms with Crippen LogP contribution in [0.25, 0.3) is 0 Å². The molecule has 1 amide bonds. The molecule has 150 valence electrons. The number of fused-ring (bicyclic) bond motifs is 2. The molecule has 5 rings (SSSR count). The Balaban J connectivity index is 1.42. The first-order valence-corrected chi connectivity index (χ1v) is 10.8. The highest BCUT2D eigenvalue weighted by Gasteiger charge is 2.58. The SMILES string of the molecule is COCCOC1CCN(C(=O)C23CC(C)C=C4CC(C2)C4C3)c2ccccc21. The van der Waals surface area contributed by atoms with Crippen LogP contribution in [-0.2, 0) is 14.3 Å². The van der Waals surface area contributed by atoms with Crippen molar-refractivity contribution in [2.24, 2.45) is 23.2 Å². The summed E-state index contributed by atoms with van der Waals surface area (Å²) in [5, 5.41) is 0. The molecular weight excluding hydrogens is 350 g/mol. The van der Waals surface area contributed by atoms with Crippen LogP contribution in [-0.4, -0.2) is 32.8 Å². The second kappa shape index (κ2) is 7.00. The topological polar surface area (TPSA) is 38.8 Å². The molecule has 4 heteroatoms. The summed E-state index contributed by atoms with van der Waals surface area (Å²) in [4.78, 5) is 16.1. The van der Waals surface area contributed by atoms with Crippen molar-refractivity contribution in [3.63, 3.8) is 0 Å². The highest BCUT2D eigenvalue weighted by molar-refractivity contribution is 5.99. The van der Waals surface area contributed by atoms with Crippen LogP contribution >= 0.6 is 0 Å². The number of amides is 1. The molecule has 1 aromatic rings. The highest BCUT2D eigenvalue weighted by atomic mass is 16.5. The van der Waals surface area contributed by atoms with Crippen LogP contribution in [0.4, 0.5) is 5.69 Å². The molecule has 5 unspecified atom stereocenters. The molecule has 2 saturated carbocycles. The van der Waals surface area contributed by atoms with Gasteiger partial charge in [-0.2, -0.15) is 0 Å². The molecule has 2 fully saturated rings. The number of para-hydroxylation sites is 1. The predicted molar refractivity (Wildman–Crippen MR) is 109 cm³/mol. The van der Waals surface area contributed by atoms with Crippen LogP contribution in [0.3, 0.4) is 0 Å². The van der Waals surface area contributed by atoms with Crippen LogP contribution in [0.15, 0.2) is 35.9 Å². The van der Waals surface area contributed by atoms with E-state index in [-0.39, 0.29) is 11.5 Å². The lowest BCUT2D eigenvalue weighted by atomic mass is 9.69. The molecule has 0 aromatic heterocycles. The van der Waals surface area contributed by atoms with Crippen LogP contribution in [0.2, 0.25) is 0 Å². The highest BCUT2D eigenvalue weighted by Crippen LogP contribution is 2.63. The second-order valence-corrected chi connectivity index (χ2v) is 9.34. The number of allylic oxidation sites excluding steroid dienone is 2. The van der Waals surface area contributed by atoms with Crippen LogP contribution in [0, 0.1) is 23.2 Å². The van der Waals surface area contributed by atoms with Gasteiger partial charge in [0.05, 0.1) is 24.7 Å². The summed E-state index contributed by atoms with van der Waals surface area (Å²) in [6.45, 7) is 4.22. The van der Waals surface area contributed by atoms with Gasteiger partial charge in [0.1, 0.15) is 0 Å². The Hall–Kier alpha value is -1.65. The van der Waals surface area contributed by atoms with Crippen molar-refractivity contribution < 1.29 is 14.3 Å². The zero-order valence-corrected chi connectivity index (χ0v) is 17.0. The smallest absolute Gasteiger partial charge is 0.233 e. The van der Waals surface area contributed by atoms with Crippen molar-refractivity contribution in [3.8, 4) is 0 Å². The first kappa shape index (κ1) is 18.4. The molecule has 0 N–H and O–H groups in total. The Labute approximate surface area is 167 Å². The largest absolute Gasteiger partial charge is 0.382 e. The Morgan fingerprint density at radius 1 is 1.21 bits per heavy atom. The van der Waals surface area contributed by atoms with Crippen molar-refractivity contribution in [2.75, 3.05) is 31.8 Å². The molecule has 1 aromatic carbocycles. The van der Waals surface area contributed by atoms with E-state index in [1.165, 1.54) is 6.42 Å². The number of rotatable bonds is 5. The summed E-state index contributed by atoms with van der Waals surface area (Å²) in [5.74, 6) is 2.30. The summed E-state index contributed by atoms with van der Waals surface area (Å²) in [5.41, 5.74) is 3.67. The van der Waals surface area contributed by atoms with Gasteiger partial charge in [-0.1, -0.05) is 36.8 Å². The summed E-state index contributed by atoms with van der Waals surface area (Å²) >= 11 is 0. The standard InChI is InChI=1S/C24H31NO3/c1-16-11-17-12-18-14-24(13-16,15-20(17)18)23(26)25-8-7-22(28-10-9-27-2)19-5-3-4-6-21(19)25/h3-6,11,16,18,20,22H,7-10,12-15H2,1-2H3. The molecule has 4 nitrogen and oxygen atoms in total. The van der Waals surface area contributed by atoms with E-state index in [9.17, 15) is 4.79 Å². The lowest BCUT2D eigenvalue weighted by Gasteiger charge is -2.40. The van der Waals surface area contributed by atoms with Gasteiger partial charge in [-0.15, -0.1) is 0 Å². The molecule has 0 radical (unpaired) electrons. The van der Waals surface area contributed by atoms with Crippen molar-refractivity contribution >= 4 is 11.6 Å². The van der Waals surface area contributed by atoms with Gasteiger partial charge in [-0.3, -0.25) is 4.79 Å². The molecule has 0 spiro atoms. The van der Waals surface area contributed by atoms with Gasteiger partial charge in [-0.25, -0.2) is 0 Å². The van der Waals surface area contributed by atoms with Gasteiger partial charge in [0.2, 0.25) is 5.91 Å². The van der Waals surface area contributed by atoms with Crippen LogP contribution in [0.5, 0.6) is 0 Å². The maximum atomic E-state index is 14.0. The number of ether oxygens (including phenoxy) is 2. The van der Waals surface area contributed by atoms with Gasteiger partial charge < -0.3 is 14.4 Å². The Morgan fingerprint density at radius 2 is 2.07 bits per heavy atom. The van der Waals surface area contributed by atoms with Crippen molar-refractivity contribution in [3.05, 3.63) is 41.5 Å². The maximum Gasteiger partial charge on any atom is 0.233 e. The Kier molecular flexibility index (Phi) is 4.59. The van der Waals surface area contributed by atoms with Crippen LogP contribution in [0.1, 0.15) is 50.7 Å². The molecule has 2 bridgehead atoms. The van der Waals surface area contributed by atoms with E-state index in [0.29, 0.717) is 31.0 Å². The molecule has 5 atom stereocenters. The lowest BCUT2D eigenvalue weighted by Crippen LogP contribution is -2.46. The fourth-order valence-electron chi connectivity index (χ4n) is 6.39. The zero-order valence-electron chi connectivity index (χ0n) is 17.0. The summed E-state index contributed by atoms with van der Waals surface area (Å²) < 4.78 is 11.2. The average molecular weight is 382 g/mol. The minimum absolute atomic E-state index is 0.0500. The van der Waals surface area contributed by atoms with E-state index < -0.39 is 0 Å². The maximum absolute atomic E-state index is 14.0. The van der Waals surface area contributed by atoms with Gasteiger partial charge >= 0.3 is 0 Å². The van der Waals surface area contributed by atoms with Gasteiger partial charge in [0, 0.05) is 24.9 Å². The molecule has 1 aliphatic heterocycles. The van der Waals surface area contributed by atoms with Crippen molar-refractivity contribution in [2.45, 2.75) is 45.1 Å². The first-order valence-electron chi connectivity index (χ1n) is 10.8. The number of nitrogens with zero attached hydrogens (tertiary/aromatic N) is 1. The number of benzene rings is 1. The average Bonchev–Trinajstić information content (AvgIpc) is 2.92.